The fourth-order valence-corrected chi connectivity index (χ4v) is 3.28. The zero-order valence-electron chi connectivity index (χ0n) is 11.4. The van der Waals surface area contributed by atoms with E-state index in [2.05, 4.69) is 5.32 Å². The van der Waals surface area contributed by atoms with Crippen molar-refractivity contribution in [2.45, 2.75) is 11.3 Å². The number of Topliss-reactive ketones (excluding diaryl/α,β-unsaturated/α-hetero) is 1. The molecule has 0 radical (unpaired) electrons. The van der Waals surface area contributed by atoms with E-state index >= 15 is 0 Å². The number of fused-ring (bicyclic) bond motifs is 5. The van der Waals surface area contributed by atoms with E-state index in [9.17, 15) is 24.6 Å². The van der Waals surface area contributed by atoms with Crippen molar-refractivity contribution in [2.24, 2.45) is 7.05 Å². The summed E-state index contributed by atoms with van der Waals surface area (Å²) in [5.74, 6) is -0.873. The van der Waals surface area contributed by atoms with Crippen molar-refractivity contribution in [1.82, 2.24) is 9.55 Å². The number of aromatic nitrogens is 2. The van der Waals surface area contributed by atoms with Gasteiger partial charge in [-0.05, 0) is 0 Å². The van der Waals surface area contributed by atoms with E-state index in [1.807, 2.05) is 4.98 Å². The summed E-state index contributed by atoms with van der Waals surface area (Å²) in [5, 5.41) is 24.4. The first-order valence-corrected chi connectivity index (χ1v) is 6.53. The van der Waals surface area contributed by atoms with Crippen molar-refractivity contribution >= 4 is 11.6 Å². The molecule has 0 spiro atoms. The molecule has 0 fully saturated rings. The van der Waals surface area contributed by atoms with Crippen LogP contribution in [0.2, 0.25) is 0 Å². The number of hydrogen-bond acceptors (Lipinski definition) is 6. The summed E-state index contributed by atoms with van der Waals surface area (Å²) < 4.78 is 1.03. The number of aromatic amines is 1. The van der Waals surface area contributed by atoms with Crippen LogP contribution in [0.4, 0.5) is 5.82 Å². The number of rotatable bonds is 0. The summed E-state index contributed by atoms with van der Waals surface area (Å²) in [6.07, 6.45) is 0. The third-order valence-electron chi connectivity index (χ3n) is 4.40. The van der Waals surface area contributed by atoms with E-state index in [0.717, 1.165) is 4.57 Å². The lowest BCUT2D eigenvalue weighted by molar-refractivity contribution is -0.101. The highest BCUT2D eigenvalue weighted by Gasteiger charge is 2.69. The van der Waals surface area contributed by atoms with Gasteiger partial charge in [-0.2, -0.15) is 0 Å². The normalized spacial score (nSPS) is 28.0. The number of ketones is 1. The molecule has 0 bridgehead atoms. The Morgan fingerprint density at radius 2 is 1.82 bits per heavy atom. The Morgan fingerprint density at radius 1 is 1.14 bits per heavy atom. The van der Waals surface area contributed by atoms with Gasteiger partial charge in [-0.25, -0.2) is 4.79 Å². The first-order chi connectivity index (χ1) is 10.3. The van der Waals surface area contributed by atoms with Crippen molar-refractivity contribution in [3.63, 3.8) is 0 Å². The second-order valence-corrected chi connectivity index (χ2v) is 5.46. The summed E-state index contributed by atoms with van der Waals surface area (Å²) in [7, 11) is 1.36. The van der Waals surface area contributed by atoms with Gasteiger partial charge in [-0.3, -0.25) is 19.1 Å². The van der Waals surface area contributed by atoms with Crippen molar-refractivity contribution in [3.8, 4) is 0 Å². The zero-order chi connectivity index (χ0) is 15.9. The fourth-order valence-electron chi connectivity index (χ4n) is 3.28. The standard InChI is InChI=1S/C14H11N3O5/c1-17-10-8(11(19)15-12(17)20)13(21)9(18)6-4-2-3-5-7(6)14(13,22)16-10/h2-5,16,21-22H,1H3,(H,15,19,20)/t13-,14-/m0/s1. The van der Waals surface area contributed by atoms with Crippen molar-refractivity contribution in [1.29, 1.82) is 0 Å². The average Bonchev–Trinajstić information content (AvgIpc) is 2.83. The van der Waals surface area contributed by atoms with E-state index in [1.54, 1.807) is 12.1 Å². The number of nitrogens with zero attached hydrogens (tertiary/aromatic N) is 1. The highest BCUT2D eigenvalue weighted by molar-refractivity contribution is 6.11. The van der Waals surface area contributed by atoms with Crippen LogP contribution >= 0.6 is 0 Å². The second kappa shape index (κ2) is 3.54. The minimum atomic E-state index is -2.48. The van der Waals surface area contributed by atoms with Gasteiger partial charge >= 0.3 is 5.69 Å². The maximum absolute atomic E-state index is 12.6. The minimum Gasteiger partial charge on any atom is -0.372 e. The maximum Gasteiger partial charge on any atom is 0.329 e. The van der Waals surface area contributed by atoms with Crippen LogP contribution in [0, 0.1) is 0 Å². The summed E-state index contributed by atoms with van der Waals surface area (Å²) in [6, 6.07) is 6.14. The highest BCUT2D eigenvalue weighted by Crippen LogP contribution is 2.54. The molecule has 22 heavy (non-hydrogen) atoms. The third-order valence-corrected chi connectivity index (χ3v) is 4.40. The van der Waals surface area contributed by atoms with E-state index in [1.165, 1.54) is 19.2 Å². The first-order valence-electron chi connectivity index (χ1n) is 6.53. The SMILES string of the molecule is Cn1c2c(c(=O)[nH]c1=O)[C@]1(O)C(=O)c3ccccc3[C@@]1(O)N2. The van der Waals surface area contributed by atoms with Crippen molar-refractivity contribution in [3.05, 3.63) is 61.8 Å². The molecule has 2 aliphatic rings. The van der Waals surface area contributed by atoms with E-state index < -0.39 is 28.4 Å². The number of aliphatic hydroxyl groups is 2. The zero-order valence-corrected chi connectivity index (χ0v) is 11.4. The summed E-state index contributed by atoms with van der Waals surface area (Å²) in [5.41, 5.74) is -6.39. The van der Waals surface area contributed by atoms with Crippen LogP contribution in [-0.2, 0) is 18.4 Å². The molecule has 8 heteroatoms. The molecule has 0 unspecified atom stereocenters. The maximum atomic E-state index is 12.6. The predicted molar refractivity (Wildman–Crippen MR) is 74.5 cm³/mol. The average molecular weight is 301 g/mol. The minimum absolute atomic E-state index is 0.0818. The Morgan fingerprint density at radius 3 is 2.55 bits per heavy atom. The lowest BCUT2D eigenvalue weighted by Crippen LogP contribution is -2.51. The van der Waals surface area contributed by atoms with Gasteiger partial charge in [0.15, 0.2) is 0 Å². The molecule has 2 heterocycles. The van der Waals surface area contributed by atoms with Crippen LogP contribution in [0.15, 0.2) is 33.9 Å². The molecule has 0 amide bonds. The van der Waals surface area contributed by atoms with Gasteiger partial charge < -0.3 is 15.5 Å². The van der Waals surface area contributed by atoms with Crippen molar-refractivity contribution in [2.75, 3.05) is 5.32 Å². The largest absolute Gasteiger partial charge is 0.372 e. The first kappa shape index (κ1) is 13.0. The molecule has 1 aromatic heterocycles. The molecule has 4 rings (SSSR count). The Hall–Kier alpha value is -2.71. The lowest BCUT2D eigenvalue weighted by atomic mass is 9.88. The third kappa shape index (κ3) is 1.11. The molecule has 2 atom stereocenters. The topological polar surface area (TPSA) is 124 Å². The van der Waals surface area contributed by atoms with E-state index in [4.69, 9.17) is 0 Å². The van der Waals surface area contributed by atoms with Crippen LogP contribution in [0.5, 0.6) is 0 Å². The molecule has 2 aromatic rings. The van der Waals surface area contributed by atoms with Crippen LogP contribution in [0.25, 0.3) is 0 Å². The Labute approximate surface area is 122 Å². The molecular weight excluding hydrogens is 290 g/mol. The Bertz CT molecular complexity index is 975. The van der Waals surface area contributed by atoms with Gasteiger partial charge in [-0.1, -0.05) is 24.3 Å². The molecule has 8 nitrogen and oxygen atoms in total. The van der Waals surface area contributed by atoms with Gasteiger partial charge in [-0.15, -0.1) is 0 Å². The quantitative estimate of drug-likeness (QED) is 0.481. The molecule has 0 saturated carbocycles. The predicted octanol–water partition coefficient (Wildman–Crippen LogP) is -1.27. The second-order valence-electron chi connectivity index (χ2n) is 5.46. The van der Waals surface area contributed by atoms with E-state index in [-0.39, 0.29) is 22.5 Å². The molecule has 1 aromatic carbocycles. The fraction of sp³-hybridized carbons (Fsp3) is 0.214. The highest BCUT2D eigenvalue weighted by atomic mass is 16.4. The molecular formula is C14H11N3O5. The van der Waals surface area contributed by atoms with Crippen LogP contribution in [0.3, 0.4) is 0 Å². The van der Waals surface area contributed by atoms with Gasteiger partial charge in [0.1, 0.15) is 11.4 Å². The van der Waals surface area contributed by atoms with E-state index in [0.29, 0.717) is 0 Å². The number of carbonyl (C=O) groups is 1. The van der Waals surface area contributed by atoms with Crippen LogP contribution in [-0.4, -0.2) is 25.5 Å². The van der Waals surface area contributed by atoms with Gasteiger partial charge in [0.25, 0.3) is 5.56 Å². The molecule has 112 valence electrons. The Balaban J connectivity index is 2.16. The summed E-state index contributed by atoms with van der Waals surface area (Å²) in [6.45, 7) is 0. The van der Waals surface area contributed by atoms with Gasteiger partial charge in [0.05, 0.1) is 0 Å². The van der Waals surface area contributed by atoms with Gasteiger partial charge in [0, 0.05) is 18.2 Å². The van der Waals surface area contributed by atoms with Crippen molar-refractivity contribution < 1.29 is 15.0 Å². The molecule has 4 N–H and O–H groups in total. The lowest BCUT2D eigenvalue weighted by Gasteiger charge is -2.29. The van der Waals surface area contributed by atoms with Crippen LogP contribution in [0.1, 0.15) is 21.5 Å². The molecule has 0 saturated heterocycles. The molecule has 1 aliphatic heterocycles. The Kier molecular flexibility index (Phi) is 2.09. The number of benzene rings is 1. The number of anilines is 1. The summed E-state index contributed by atoms with van der Waals surface area (Å²) in [4.78, 5) is 38.5. The number of nitrogens with one attached hydrogen (secondary N) is 2. The number of carbonyl (C=O) groups excluding carboxylic acids is 1. The smallest absolute Gasteiger partial charge is 0.329 e. The number of H-pyrrole nitrogens is 1. The van der Waals surface area contributed by atoms with Gasteiger partial charge in [0.2, 0.25) is 17.1 Å². The van der Waals surface area contributed by atoms with Crippen LogP contribution < -0.4 is 16.6 Å². The summed E-state index contributed by atoms with van der Waals surface area (Å²) >= 11 is 0. The number of hydrogen-bond donors (Lipinski definition) is 4. The monoisotopic (exact) mass is 301 g/mol. The molecule has 1 aliphatic carbocycles.